The molecule has 0 spiro atoms. The SMILES string of the molecule is CCN1CCC[C@H]1[C@@H]1CCCN1C(=O)Cc1ccc(C)nc1. The van der Waals surface area contributed by atoms with Gasteiger partial charge in [0.2, 0.25) is 5.91 Å². The molecule has 2 atom stereocenters. The number of nitrogens with zero attached hydrogens (tertiary/aromatic N) is 3. The fraction of sp³-hybridized carbons (Fsp3) is 0.667. The molecule has 22 heavy (non-hydrogen) atoms. The molecule has 1 aromatic heterocycles. The van der Waals surface area contributed by atoms with E-state index in [-0.39, 0.29) is 5.91 Å². The Labute approximate surface area is 133 Å². The Morgan fingerprint density at radius 1 is 1.23 bits per heavy atom. The molecule has 2 fully saturated rings. The number of likely N-dealkylation sites (tertiary alicyclic amines) is 2. The standard InChI is InChI=1S/C18H27N3O/c1-3-20-10-4-6-16(20)17-7-5-11-21(17)18(22)12-15-9-8-14(2)19-13-15/h8-9,13,16-17H,3-7,10-12H2,1-2H3/t16-,17-/m0/s1. The number of hydrogen-bond donors (Lipinski definition) is 0. The second-order valence-corrected chi connectivity index (χ2v) is 6.62. The van der Waals surface area contributed by atoms with Crippen molar-refractivity contribution < 1.29 is 4.79 Å². The number of rotatable bonds is 4. The lowest BCUT2D eigenvalue weighted by molar-refractivity contribution is -0.132. The van der Waals surface area contributed by atoms with E-state index in [2.05, 4.69) is 21.7 Å². The maximum atomic E-state index is 12.7. The van der Waals surface area contributed by atoms with Gasteiger partial charge >= 0.3 is 0 Å². The highest BCUT2D eigenvalue weighted by Gasteiger charge is 2.38. The zero-order valence-electron chi connectivity index (χ0n) is 13.8. The summed E-state index contributed by atoms with van der Waals surface area (Å²) in [5, 5.41) is 0. The summed E-state index contributed by atoms with van der Waals surface area (Å²) in [7, 11) is 0. The Kier molecular flexibility index (Phi) is 4.77. The normalized spacial score (nSPS) is 25.8. The maximum Gasteiger partial charge on any atom is 0.227 e. The van der Waals surface area contributed by atoms with E-state index in [1.54, 1.807) is 0 Å². The first kappa shape index (κ1) is 15.5. The molecule has 0 bridgehead atoms. The zero-order valence-corrected chi connectivity index (χ0v) is 13.8. The van der Waals surface area contributed by atoms with E-state index in [9.17, 15) is 4.79 Å². The van der Waals surface area contributed by atoms with Crippen molar-refractivity contribution in [2.24, 2.45) is 0 Å². The molecule has 2 saturated heterocycles. The van der Waals surface area contributed by atoms with Crippen LogP contribution in [0.2, 0.25) is 0 Å². The van der Waals surface area contributed by atoms with Gasteiger partial charge in [-0.2, -0.15) is 0 Å². The van der Waals surface area contributed by atoms with Crippen molar-refractivity contribution in [2.75, 3.05) is 19.6 Å². The molecule has 4 heteroatoms. The number of carbonyl (C=O) groups is 1. The first-order valence-electron chi connectivity index (χ1n) is 8.64. The summed E-state index contributed by atoms with van der Waals surface area (Å²) in [6.45, 7) is 7.43. The number of carbonyl (C=O) groups excluding carboxylic acids is 1. The van der Waals surface area contributed by atoms with Gasteiger partial charge < -0.3 is 4.90 Å². The number of amides is 1. The molecule has 3 heterocycles. The smallest absolute Gasteiger partial charge is 0.227 e. The summed E-state index contributed by atoms with van der Waals surface area (Å²) < 4.78 is 0. The largest absolute Gasteiger partial charge is 0.338 e. The van der Waals surface area contributed by atoms with Crippen LogP contribution in [0.1, 0.15) is 43.9 Å². The highest BCUT2D eigenvalue weighted by molar-refractivity contribution is 5.79. The highest BCUT2D eigenvalue weighted by Crippen LogP contribution is 2.30. The van der Waals surface area contributed by atoms with Gasteiger partial charge in [-0.05, 0) is 57.3 Å². The predicted molar refractivity (Wildman–Crippen MR) is 87.7 cm³/mol. The fourth-order valence-corrected chi connectivity index (χ4v) is 4.06. The lowest BCUT2D eigenvalue weighted by atomic mass is 10.0. The van der Waals surface area contributed by atoms with Gasteiger partial charge in [-0.25, -0.2) is 0 Å². The van der Waals surface area contributed by atoms with Crippen molar-refractivity contribution in [1.29, 1.82) is 0 Å². The van der Waals surface area contributed by atoms with Crippen LogP contribution in [0.15, 0.2) is 18.3 Å². The van der Waals surface area contributed by atoms with Crippen molar-refractivity contribution in [3.05, 3.63) is 29.6 Å². The molecule has 0 N–H and O–H groups in total. The van der Waals surface area contributed by atoms with Gasteiger partial charge in [-0.3, -0.25) is 14.7 Å². The molecule has 2 aliphatic rings. The summed E-state index contributed by atoms with van der Waals surface area (Å²) in [6.07, 6.45) is 7.16. The summed E-state index contributed by atoms with van der Waals surface area (Å²) >= 11 is 0. The number of aryl methyl sites for hydroxylation is 1. The van der Waals surface area contributed by atoms with Crippen molar-refractivity contribution in [2.45, 2.75) is 58.0 Å². The van der Waals surface area contributed by atoms with Gasteiger partial charge in [-0.1, -0.05) is 13.0 Å². The van der Waals surface area contributed by atoms with E-state index in [4.69, 9.17) is 0 Å². The molecule has 4 nitrogen and oxygen atoms in total. The van der Waals surface area contributed by atoms with Gasteiger partial charge in [0.15, 0.2) is 0 Å². The van der Waals surface area contributed by atoms with Gasteiger partial charge in [-0.15, -0.1) is 0 Å². The molecule has 0 radical (unpaired) electrons. The fourth-order valence-electron chi connectivity index (χ4n) is 4.06. The van der Waals surface area contributed by atoms with E-state index in [1.807, 2.05) is 25.3 Å². The average Bonchev–Trinajstić information content (AvgIpc) is 3.17. The Morgan fingerprint density at radius 2 is 2.00 bits per heavy atom. The second kappa shape index (κ2) is 6.78. The second-order valence-electron chi connectivity index (χ2n) is 6.62. The Morgan fingerprint density at radius 3 is 2.73 bits per heavy atom. The number of aromatic nitrogens is 1. The minimum absolute atomic E-state index is 0.274. The summed E-state index contributed by atoms with van der Waals surface area (Å²) in [6, 6.07) is 5.01. The third-order valence-electron chi connectivity index (χ3n) is 5.21. The third kappa shape index (κ3) is 3.17. The van der Waals surface area contributed by atoms with Gasteiger partial charge in [0, 0.05) is 30.5 Å². The minimum Gasteiger partial charge on any atom is -0.338 e. The van der Waals surface area contributed by atoms with Crippen molar-refractivity contribution in [3.8, 4) is 0 Å². The Bertz CT molecular complexity index is 514. The van der Waals surface area contributed by atoms with Gasteiger partial charge in [0.1, 0.15) is 0 Å². The minimum atomic E-state index is 0.274. The van der Waals surface area contributed by atoms with E-state index in [0.29, 0.717) is 18.5 Å². The van der Waals surface area contributed by atoms with Crippen LogP contribution < -0.4 is 0 Å². The molecule has 0 aliphatic carbocycles. The number of pyridine rings is 1. The van der Waals surface area contributed by atoms with Gasteiger partial charge in [0.05, 0.1) is 6.42 Å². The lowest BCUT2D eigenvalue weighted by Gasteiger charge is -2.34. The lowest BCUT2D eigenvalue weighted by Crippen LogP contribution is -2.48. The molecule has 0 unspecified atom stereocenters. The molecule has 0 aromatic carbocycles. The Hall–Kier alpha value is -1.42. The quantitative estimate of drug-likeness (QED) is 0.857. The molecule has 0 saturated carbocycles. The molecule has 1 aromatic rings. The van der Waals surface area contributed by atoms with Gasteiger partial charge in [0.25, 0.3) is 0 Å². The van der Waals surface area contributed by atoms with Crippen LogP contribution in [-0.2, 0) is 11.2 Å². The van der Waals surface area contributed by atoms with Crippen LogP contribution in [0.25, 0.3) is 0 Å². The molecular weight excluding hydrogens is 274 g/mol. The van der Waals surface area contributed by atoms with E-state index >= 15 is 0 Å². The van der Waals surface area contributed by atoms with E-state index in [0.717, 1.165) is 30.8 Å². The van der Waals surface area contributed by atoms with Crippen LogP contribution >= 0.6 is 0 Å². The van der Waals surface area contributed by atoms with E-state index in [1.165, 1.54) is 25.8 Å². The first-order chi connectivity index (χ1) is 10.7. The third-order valence-corrected chi connectivity index (χ3v) is 5.21. The maximum absolute atomic E-state index is 12.7. The number of hydrogen-bond acceptors (Lipinski definition) is 3. The zero-order chi connectivity index (χ0) is 15.5. The van der Waals surface area contributed by atoms with Crippen LogP contribution in [0, 0.1) is 6.92 Å². The van der Waals surface area contributed by atoms with E-state index < -0.39 is 0 Å². The predicted octanol–water partition coefficient (Wildman–Crippen LogP) is 2.41. The van der Waals surface area contributed by atoms with Crippen molar-refractivity contribution in [1.82, 2.24) is 14.8 Å². The van der Waals surface area contributed by atoms with Crippen LogP contribution in [-0.4, -0.2) is 52.4 Å². The molecule has 120 valence electrons. The first-order valence-corrected chi connectivity index (χ1v) is 8.64. The van der Waals surface area contributed by atoms with Crippen LogP contribution in [0.4, 0.5) is 0 Å². The molecule has 2 aliphatic heterocycles. The topological polar surface area (TPSA) is 36.4 Å². The van der Waals surface area contributed by atoms with Crippen molar-refractivity contribution >= 4 is 5.91 Å². The summed E-state index contributed by atoms with van der Waals surface area (Å²) in [5.41, 5.74) is 2.03. The molecule has 3 rings (SSSR count). The van der Waals surface area contributed by atoms with Crippen LogP contribution in [0.3, 0.4) is 0 Å². The highest BCUT2D eigenvalue weighted by atomic mass is 16.2. The summed E-state index contributed by atoms with van der Waals surface area (Å²) in [5.74, 6) is 0.274. The molecule has 1 amide bonds. The summed E-state index contributed by atoms with van der Waals surface area (Å²) in [4.78, 5) is 21.8. The monoisotopic (exact) mass is 301 g/mol. The Balaban J connectivity index is 1.67. The van der Waals surface area contributed by atoms with Crippen LogP contribution in [0.5, 0.6) is 0 Å². The average molecular weight is 301 g/mol. The van der Waals surface area contributed by atoms with Crippen molar-refractivity contribution in [3.63, 3.8) is 0 Å². The number of likely N-dealkylation sites (N-methyl/N-ethyl adjacent to an activating group) is 1. The molecular formula is C18H27N3O.